The number of alkyl halides is 1. The summed E-state index contributed by atoms with van der Waals surface area (Å²) in [6, 6.07) is 0. The second-order valence-electron chi connectivity index (χ2n) is 8.27. The van der Waals surface area contributed by atoms with Gasteiger partial charge in [0, 0.05) is 37.2 Å². The highest BCUT2D eigenvalue weighted by atomic mass is 79.9. The molecule has 1 aliphatic heterocycles. The summed E-state index contributed by atoms with van der Waals surface area (Å²) < 4.78 is 7.88. The zero-order chi connectivity index (χ0) is 27.3. The van der Waals surface area contributed by atoms with E-state index in [1.54, 1.807) is 37.2 Å². The lowest BCUT2D eigenvalue weighted by Gasteiger charge is -2.37. The molecule has 0 radical (unpaired) electrons. The Balaban J connectivity index is 0.000000232. The summed E-state index contributed by atoms with van der Waals surface area (Å²) in [5.74, 6) is 2.35. The molecule has 37 heavy (non-hydrogen) atoms. The summed E-state index contributed by atoms with van der Waals surface area (Å²) in [6.07, 6.45) is 12.1. The molecular weight excluding hydrogens is 738 g/mol. The molecule has 3 aromatic heterocycles. The average Bonchev–Trinajstić information content (AvgIpc) is 2.90. The zero-order valence-corrected chi connectivity index (χ0v) is 27.2. The van der Waals surface area contributed by atoms with E-state index in [9.17, 15) is 4.79 Å². The average molecular weight is 767 g/mol. The van der Waals surface area contributed by atoms with Crippen molar-refractivity contribution in [2.24, 2.45) is 5.41 Å². The molecule has 0 spiro atoms. The van der Waals surface area contributed by atoms with Crippen molar-refractivity contribution in [3.8, 4) is 0 Å². The fraction of sp³-hybridized carbons (Fsp3) is 0.458. The number of nitrogens with zero attached hydrogens (tertiary/aromatic N) is 7. The highest BCUT2D eigenvalue weighted by Gasteiger charge is 2.38. The zero-order valence-electron chi connectivity index (χ0n) is 20.9. The first-order chi connectivity index (χ1) is 17.6. The lowest BCUT2D eigenvalue weighted by molar-refractivity contribution is -0.157. The number of esters is 1. The first kappa shape index (κ1) is 31.8. The maximum absolute atomic E-state index is 12.0. The summed E-state index contributed by atoms with van der Waals surface area (Å²) in [7, 11) is 0. The van der Waals surface area contributed by atoms with Gasteiger partial charge in [0.15, 0.2) is 0 Å². The summed E-state index contributed by atoms with van der Waals surface area (Å²) in [4.78, 5) is 38.6. The standard InChI is InChI=1S/C14H20BrN3O2.C5H4Br2N2.C5H5BrN2/c1-3-20-13(19)14(2)4-6-18(7-5-14)10-12-16-8-11(15)9-17-12;6-1-5-8-2-4(7)3-9-5;1-4-7-2-5(6)3-8-4/h8-9H,3-7,10H2,1-2H3;2-3H,1H2;2-3H,1H3. The van der Waals surface area contributed by atoms with Crippen LogP contribution in [-0.2, 0) is 21.4 Å². The molecule has 0 aliphatic carbocycles. The molecule has 4 heterocycles. The summed E-state index contributed by atoms with van der Waals surface area (Å²) in [5, 5.41) is 0.709. The van der Waals surface area contributed by atoms with Gasteiger partial charge in [-0.05, 0) is 94.5 Å². The second kappa shape index (κ2) is 16.5. The maximum Gasteiger partial charge on any atom is 0.311 e. The molecule has 1 saturated heterocycles. The minimum Gasteiger partial charge on any atom is -0.466 e. The highest BCUT2D eigenvalue weighted by molar-refractivity contribution is 9.11. The Labute approximate surface area is 251 Å². The van der Waals surface area contributed by atoms with Crippen molar-refractivity contribution in [1.29, 1.82) is 0 Å². The van der Waals surface area contributed by atoms with Gasteiger partial charge >= 0.3 is 5.97 Å². The minimum absolute atomic E-state index is 0.0699. The largest absolute Gasteiger partial charge is 0.466 e. The Morgan fingerprint density at radius 2 is 1.30 bits per heavy atom. The Morgan fingerprint density at radius 1 is 0.865 bits per heavy atom. The van der Waals surface area contributed by atoms with Crippen molar-refractivity contribution in [2.45, 2.75) is 45.5 Å². The van der Waals surface area contributed by atoms with Gasteiger partial charge in [-0.15, -0.1) is 0 Å². The van der Waals surface area contributed by atoms with Crippen molar-refractivity contribution < 1.29 is 9.53 Å². The monoisotopic (exact) mass is 763 g/mol. The molecule has 1 fully saturated rings. The number of likely N-dealkylation sites (tertiary alicyclic amines) is 1. The fourth-order valence-corrected chi connectivity index (χ4v) is 4.02. The number of piperidine rings is 1. The van der Waals surface area contributed by atoms with Crippen molar-refractivity contribution in [2.75, 3.05) is 19.7 Å². The summed E-state index contributed by atoms with van der Waals surface area (Å²) in [5.41, 5.74) is -0.340. The van der Waals surface area contributed by atoms with Crippen molar-refractivity contribution >= 4 is 69.7 Å². The number of aryl methyl sites for hydroxylation is 1. The highest BCUT2D eigenvalue weighted by Crippen LogP contribution is 2.32. The SMILES string of the molecule is BrCc1ncc(Br)cn1.CCOC(=O)C1(C)CCN(Cc2ncc(Br)cn2)CC1.Cc1ncc(Br)cn1. The molecule has 0 atom stereocenters. The number of rotatable bonds is 5. The first-order valence-electron chi connectivity index (χ1n) is 11.5. The van der Waals surface area contributed by atoms with Crippen LogP contribution >= 0.6 is 63.7 Å². The van der Waals surface area contributed by atoms with Gasteiger partial charge in [-0.25, -0.2) is 29.9 Å². The number of aromatic nitrogens is 6. The molecule has 9 nitrogen and oxygen atoms in total. The normalized spacial score (nSPS) is 14.5. The summed E-state index contributed by atoms with van der Waals surface area (Å²) in [6.45, 7) is 8.62. The smallest absolute Gasteiger partial charge is 0.311 e. The quantitative estimate of drug-likeness (QED) is 0.226. The third-order valence-corrected chi connectivity index (χ3v) is 7.04. The van der Waals surface area contributed by atoms with Crippen molar-refractivity contribution in [1.82, 2.24) is 34.8 Å². The molecule has 0 aromatic carbocycles. The van der Waals surface area contributed by atoms with Gasteiger partial charge in [0.25, 0.3) is 0 Å². The Kier molecular flexibility index (Phi) is 14.2. The summed E-state index contributed by atoms with van der Waals surface area (Å²) >= 11 is 13.0. The van der Waals surface area contributed by atoms with Crippen molar-refractivity contribution in [3.05, 3.63) is 68.1 Å². The minimum atomic E-state index is -0.340. The van der Waals surface area contributed by atoms with E-state index in [1.807, 2.05) is 20.8 Å². The predicted octanol–water partition coefficient (Wildman–Crippen LogP) is 6.09. The number of ether oxygens (including phenoxy) is 1. The molecule has 0 saturated carbocycles. The van der Waals surface area contributed by atoms with Gasteiger partial charge in [-0.3, -0.25) is 9.69 Å². The van der Waals surface area contributed by atoms with E-state index >= 15 is 0 Å². The molecule has 0 amide bonds. The molecule has 0 bridgehead atoms. The number of halogens is 4. The van der Waals surface area contributed by atoms with Crippen LogP contribution in [0.2, 0.25) is 0 Å². The number of hydrogen-bond donors (Lipinski definition) is 0. The third-order valence-electron chi connectivity index (χ3n) is 5.31. The van der Waals surface area contributed by atoms with Gasteiger partial charge in [-0.2, -0.15) is 0 Å². The Hall–Kier alpha value is -1.41. The van der Waals surface area contributed by atoms with Crippen LogP contribution in [0.25, 0.3) is 0 Å². The maximum atomic E-state index is 12.0. The molecule has 3 aromatic rings. The Morgan fingerprint density at radius 3 is 1.70 bits per heavy atom. The second-order valence-corrected chi connectivity index (χ2v) is 11.6. The van der Waals surface area contributed by atoms with E-state index in [1.165, 1.54) is 0 Å². The Bertz CT molecular complexity index is 1060. The van der Waals surface area contributed by atoms with Crippen LogP contribution in [0, 0.1) is 12.3 Å². The molecule has 0 unspecified atom stereocenters. The lowest BCUT2D eigenvalue weighted by Crippen LogP contribution is -2.43. The predicted molar refractivity (Wildman–Crippen MR) is 156 cm³/mol. The molecule has 1 aliphatic rings. The van der Waals surface area contributed by atoms with E-state index in [2.05, 4.69) is 98.5 Å². The van der Waals surface area contributed by atoms with Crippen LogP contribution in [0.4, 0.5) is 0 Å². The molecule has 4 rings (SSSR count). The van der Waals surface area contributed by atoms with Gasteiger partial charge < -0.3 is 4.74 Å². The van der Waals surface area contributed by atoms with Gasteiger partial charge in [0.2, 0.25) is 0 Å². The third kappa shape index (κ3) is 11.9. The van der Waals surface area contributed by atoms with E-state index in [-0.39, 0.29) is 11.4 Å². The van der Waals surface area contributed by atoms with Gasteiger partial charge in [0.1, 0.15) is 17.5 Å². The van der Waals surface area contributed by atoms with Crippen LogP contribution in [0.15, 0.2) is 50.6 Å². The van der Waals surface area contributed by atoms with Crippen LogP contribution < -0.4 is 0 Å². The van der Waals surface area contributed by atoms with Crippen LogP contribution in [-0.4, -0.2) is 60.5 Å². The molecular formula is C24H29Br4N7O2. The topological polar surface area (TPSA) is 107 Å². The van der Waals surface area contributed by atoms with E-state index in [4.69, 9.17) is 4.74 Å². The van der Waals surface area contributed by atoms with E-state index < -0.39 is 0 Å². The van der Waals surface area contributed by atoms with Crippen molar-refractivity contribution in [3.63, 3.8) is 0 Å². The first-order valence-corrected chi connectivity index (χ1v) is 15.0. The van der Waals surface area contributed by atoms with Crippen LogP contribution in [0.1, 0.15) is 44.2 Å². The van der Waals surface area contributed by atoms with Crippen LogP contribution in [0.3, 0.4) is 0 Å². The van der Waals surface area contributed by atoms with Gasteiger partial charge in [-0.1, -0.05) is 15.9 Å². The number of carbonyl (C=O) groups is 1. The number of carbonyl (C=O) groups excluding carboxylic acids is 1. The van der Waals surface area contributed by atoms with E-state index in [0.29, 0.717) is 11.9 Å². The molecule has 0 N–H and O–H groups in total. The molecule has 13 heteroatoms. The fourth-order valence-electron chi connectivity index (χ4n) is 3.12. The van der Waals surface area contributed by atoms with Gasteiger partial charge in [0.05, 0.1) is 37.3 Å². The lowest BCUT2D eigenvalue weighted by atomic mass is 9.80. The van der Waals surface area contributed by atoms with Crippen LogP contribution in [0.5, 0.6) is 0 Å². The number of hydrogen-bond acceptors (Lipinski definition) is 9. The molecule has 200 valence electrons. The van der Waals surface area contributed by atoms with E-state index in [0.717, 1.165) is 63.4 Å².